The Morgan fingerprint density at radius 3 is 2.23 bits per heavy atom. The number of rotatable bonds is 15. The first-order valence-electron chi connectivity index (χ1n) is 17.7. The third-order valence-electron chi connectivity index (χ3n) is 9.15. The minimum atomic E-state index is -0.966. The number of carbonyl (C=O) groups is 1. The molecule has 0 unspecified atom stereocenters. The number of carbonyl (C=O) groups excluding carboxylic acids is 1. The third kappa shape index (κ3) is 10.0. The summed E-state index contributed by atoms with van der Waals surface area (Å²) in [7, 11) is 0. The summed E-state index contributed by atoms with van der Waals surface area (Å²) in [6.07, 6.45) is 4.38. The van der Waals surface area contributed by atoms with Crippen LogP contribution in [0.1, 0.15) is 47.6 Å². The zero-order chi connectivity index (χ0) is 37.2. The predicted octanol–water partition coefficient (Wildman–Crippen LogP) is 8.97. The Kier molecular flexibility index (Phi) is 12.4. The normalized spacial score (nSPS) is 13.6. The van der Waals surface area contributed by atoms with E-state index < -0.39 is 17.5 Å². The van der Waals surface area contributed by atoms with Gasteiger partial charge in [0.25, 0.3) is 0 Å². The Balaban J connectivity index is 0.970. The molecule has 7 nitrogen and oxygen atoms in total. The van der Waals surface area contributed by atoms with E-state index in [0.717, 1.165) is 37.9 Å². The molecule has 6 rings (SSSR count). The second-order valence-electron chi connectivity index (χ2n) is 13.2. The van der Waals surface area contributed by atoms with E-state index in [1.54, 1.807) is 6.07 Å². The van der Waals surface area contributed by atoms with Crippen molar-refractivity contribution in [2.24, 2.45) is 0 Å². The van der Waals surface area contributed by atoms with Crippen LogP contribution >= 0.6 is 0 Å². The van der Waals surface area contributed by atoms with Crippen LogP contribution in [0, 0.1) is 17.5 Å². The Labute approximate surface area is 308 Å². The van der Waals surface area contributed by atoms with Gasteiger partial charge in [-0.2, -0.15) is 0 Å². The van der Waals surface area contributed by atoms with Gasteiger partial charge in [0.2, 0.25) is 5.88 Å². The van der Waals surface area contributed by atoms with Crippen LogP contribution in [0.15, 0.2) is 109 Å². The maximum atomic E-state index is 15.3. The summed E-state index contributed by atoms with van der Waals surface area (Å²) >= 11 is 0. The van der Waals surface area contributed by atoms with Crippen LogP contribution in [-0.4, -0.2) is 53.9 Å². The minimum absolute atomic E-state index is 0.0418. The molecule has 2 heterocycles. The molecule has 1 saturated heterocycles. The molecular formula is C43H42F3N3O4. The number of aromatic nitrogens is 1. The van der Waals surface area contributed by atoms with E-state index in [4.69, 9.17) is 14.2 Å². The number of aldehydes is 1. The molecule has 1 fully saturated rings. The zero-order valence-electron chi connectivity index (χ0n) is 29.8. The molecule has 274 valence electrons. The number of piperazine rings is 1. The van der Waals surface area contributed by atoms with Gasteiger partial charge in [0.1, 0.15) is 24.4 Å². The third-order valence-corrected chi connectivity index (χ3v) is 9.15. The second kappa shape index (κ2) is 17.7. The van der Waals surface area contributed by atoms with Gasteiger partial charge in [-0.3, -0.25) is 9.69 Å². The first kappa shape index (κ1) is 37.2. The van der Waals surface area contributed by atoms with Crippen molar-refractivity contribution in [3.05, 3.63) is 155 Å². The molecule has 1 aliphatic rings. The molecule has 1 aliphatic heterocycles. The molecule has 0 N–H and O–H groups in total. The lowest BCUT2D eigenvalue weighted by Crippen LogP contribution is -2.45. The summed E-state index contributed by atoms with van der Waals surface area (Å²) < 4.78 is 59.8. The molecular weight excluding hydrogens is 679 g/mol. The molecule has 0 aliphatic carbocycles. The average Bonchev–Trinajstić information content (AvgIpc) is 3.17. The lowest BCUT2D eigenvalue weighted by atomic mass is 10.0. The van der Waals surface area contributed by atoms with Crippen LogP contribution in [0.4, 0.5) is 13.2 Å². The number of pyridine rings is 1. The Hall–Kier alpha value is -5.61. The van der Waals surface area contributed by atoms with Crippen LogP contribution in [0.2, 0.25) is 0 Å². The van der Waals surface area contributed by atoms with Gasteiger partial charge in [-0.1, -0.05) is 62.4 Å². The van der Waals surface area contributed by atoms with Crippen LogP contribution < -0.4 is 14.2 Å². The highest BCUT2D eigenvalue weighted by molar-refractivity contribution is 5.81. The van der Waals surface area contributed by atoms with E-state index in [1.165, 1.54) is 65.4 Å². The summed E-state index contributed by atoms with van der Waals surface area (Å²) in [5.41, 5.74) is 5.05. The molecule has 0 radical (unpaired) electrons. The molecule has 5 aromatic rings. The van der Waals surface area contributed by atoms with Gasteiger partial charge in [-0.15, -0.1) is 0 Å². The van der Waals surface area contributed by atoms with Gasteiger partial charge in [-0.05, 0) is 65.1 Å². The van der Waals surface area contributed by atoms with E-state index in [9.17, 15) is 13.6 Å². The van der Waals surface area contributed by atoms with Crippen molar-refractivity contribution < 1.29 is 32.2 Å². The summed E-state index contributed by atoms with van der Waals surface area (Å²) in [4.78, 5) is 20.2. The van der Waals surface area contributed by atoms with E-state index in [2.05, 4.69) is 65.0 Å². The highest BCUT2D eigenvalue weighted by Gasteiger charge is 2.21. The fraction of sp³-hybridized carbons (Fsp3) is 0.256. The van der Waals surface area contributed by atoms with Gasteiger partial charge < -0.3 is 19.1 Å². The smallest absolute Gasteiger partial charge is 0.219 e. The molecule has 4 aromatic carbocycles. The van der Waals surface area contributed by atoms with Crippen molar-refractivity contribution >= 4 is 12.0 Å². The van der Waals surface area contributed by atoms with Crippen LogP contribution in [-0.2, 0) is 24.4 Å². The fourth-order valence-electron chi connectivity index (χ4n) is 6.09. The molecule has 53 heavy (non-hydrogen) atoms. The monoisotopic (exact) mass is 721 g/mol. The highest BCUT2D eigenvalue weighted by Crippen LogP contribution is 2.29. The van der Waals surface area contributed by atoms with Gasteiger partial charge in [0.15, 0.2) is 23.2 Å². The maximum absolute atomic E-state index is 15.3. The van der Waals surface area contributed by atoms with Crippen LogP contribution in [0.3, 0.4) is 0 Å². The first-order chi connectivity index (χ1) is 25.7. The Morgan fingerprint density at radius 2 is 1.55 bits per heavy atom. The average molecular weight is 722 g/mol. The number of hydrogen-bond donors (Lipinski definition) is 0. The van der Waals surface area contributed by atoms with E-state index in [1.807, 2.05) is 12.1 Å². The molecule has 0 bridgehead atoms. The fourth-order valence-corrected chi connectivity index (χ4v) is 6.09. The number of allylic oxidation sites excluding steroid dienone is 1. The first-order valence-corrected chi connectivity index (χ1v) is 17.7. The second-order valence-corrected chi connectivity index (χ2v) is 13.2. The van der Waals surface area contributed by atoms with Crippen molar-refractivity contribution in [3.8, 4) is 23.1 Å². The van der Waals surface area contributed by atoms with Crippen molar-refractivity contribution in [3.63, 3.8) is 0 Å². The number of nitrogens with zero attached hydrogens (tertiary/aromatic N) is 3. The van der Waals surface area contributed by atoms with E-state index >= 15 is 4.39 Å². The van der Waals surface area contributed by atoms with E-state index in [0.29, 0.717) is 48.9 Å². The molecule has 0 spiro atoms. The number of hydrogen-bond acceptors (Lipinski definition) is 7. The predicted molar refractivity (Wildman–Crippen MR) is 198 cm³/mol. The quantitative estimate of drug-likeness (QED) is 0.0790. The summed E-state index contributed by atoms with van der Waals surface area (Å²) in [6, 6.07) is 28.4. The Bertz CT molecular complexity index is 1990. The van der Waals surface area contributed by atoms with Crippen molar-refractivity contribution in [1.29, 1.82) is 0 Å². The minimum Gasteiger partial charge on any atom is -0.493 e. The van der Waals surface area contributed by atoms with E-state index in [-0.39, 0.29) is 23.8 Å². The van der Waals surface area contributed by atoms with Crippen molar-refractivity contribution in [2.75, 3.05) is 32.8 Å². The maximum Gasteiger partial charge on any atom is 0.219 e. The van der Waals surface area contributed by atoms with Gasteiger partial charge in [-0.25, -0.2) is 18.2 Å². The summed E-state index contributed by atoms with van der Waals surface area (Å²) in [5.74, 6) is -0.785. The standard InChI is InChI=1S/C43H42F3N3O4/c1-30(2)33-10-6-31(7-11-33)19-25-51-36-13-8-32(9-14-36)28-48-20-22-49(23-21-48)40(18-24-50)34-12-16-41(39(45)26-34)53-42-17-15-37(27-47-42)52-29-35-4-3-5-38(44)43(35)46/h3-18,24,26-27,30H,19-23,25,28-29H2,1-2H3/b40-18+. The molecule has 0 saturated carbocycles. The van der Waals surface area contributed by atoms with Gasteiger partial charge in [0.05, 0.1) is 12.8 Å². The van der Waals surface area contributed by atoms with Crippen molar-refractivity contribution in [1.82, 2.24) is 14.8 Å². The number of ether oxygens (including phenoxy) is 3. The molecule has 10 heteroatoms. The van der Waals surface area contributed by atoms with Crippen LogP contribution in [0.25, 0.3) is 5.70 Å². The topological polar surface area (TPSA) is 64.1 Å². The van der Waals surface area contributed by atoms with Gasteiger partial charge >= 0.3 is 0 Å². The lowest BCUT2D eigenvalue weighted by Gasteiger charge is -2.37. The number of halogens is 3. The lowest BCUT2D eigenvalue weighted by molar-refractivity contribution is -0.104. The SMILES string of the molecule is CC(C)c1ccc(CCOc2ccc(CN3CCN(/C(=C/C=O)c4ccc(Oc5ccc(OCc6cccc(F)c6F)cn5)c(F)c4)CC3)cc2)cc1. The summed E-state index contributed by atoms with van der Waals surface area (Å²) in [5, 5.41) is 0. The Morgan fingerprint density at radius 1 is 0.811 bits per heavy atom. The number of benzene rings is 4. The summed E-state index contributed by atoms with van der Waals surface area (Å²) in [6.45, 7) is 8.49. The molecule has 0 atom stereocenters. The highest BCUT2D eigenvalue weighted by atomic mass is 19.2. The zero-order valence-corrected chi connectivity index (χ0v) is 29.8. The molecule has 1 aromatic heterocycles. The largest absolute Gasteiger partial charge is 0.493 e. The van der Waals surface area contributed by atoms with Gasteiger partial charge in [0, 0.05) is 68.1 Å². The van der Waals surface area contributed by atoms with Crippen LogP contribution in [0.5, 0.6) is 23.1 Å². The molecule has 0 amide bonds. The van der Waals surface area contributed by atoms with Crippen molar-refractivity contribution in [2.45, 2.75) is 39.3 Å².